The van der Waals surface area contributed by atoms with Gasteiger partial charge in [-0.1, -0.05) is 6.07 Å². The number of aromatic nitrogens is 1. The molecule has 3 rings (SSSR count). The van der Waals surface area contributed by atoms with Crippen LogP contribution in [0.15, 0.2) is 42.6 Å². The van der Waals surface area contributed by atoms with Crippen molar-refractivity contribution < 1.29 is 9.59 Å². The maximum atomic E-state index is 12.2. The minimum Gasteiger partial charge on any atom is -0.346 e. The van der Waals surface area contributed by atoms with Gasteiger partial charge in [-0.05, 0) is 49.2 Å². The van der Waals surface area contributed by atoms with E-state index in [1.165, 1.54) is 0 Å². The summed E-state index contributed by atoms with van der Waals surface area (Å²) in [6, 6.07) is 11.0. The smallest absolute Gasteiger partial charge is 0.251 e. The van der Waals surface area contributed by atoms with Crippen molar-refractivity contribution >= 4 is 17.5 Å². The van der Waals surface area contributed by atoms with Crippen LogP contribution >= 0.6 is 0 Å². The molecule has 118 valence electrons. The van der Waals surface area contributed by atoms with E-state index >= 15 is 0 Å². The van der Waals surface area contributed by atoms with Crippen LogP contribution in [-0.4, -0.2) is 23.3 Å². The van der Waals surface area contributed by atoms with Crippen LogP contribution < -0.4 is 10.2 Å². The molecule has 0 saturated carbocycles. The van der Waals surface area contributed by atoms with Gasteiger partial charge in [-0.3, -0.25) is 14.6 Å². The molecule has 2 aromatic rings. The summed E-state index contributed by atoms with van der Waals surface area (Å²) in [7, 11) is 0. The Morgan fingerprint density at radius 3 is 2.70 bits per heavy atom. The van der Waals surface area contributed by atoms with Crippen LogP contribution in [0.4, 0.5) is 5.69 Å². The van der Waals surface area contributed by atoms with Crippen molar-refractivity contribution in [3.8, 4) is 0 Å². The lowest BCUT2D eigenvalue weighted by Crippen LogP contribution is -2.25. The first-order valence-electron chi connectivity index (χ1n) is 7.74. The third-order valence-electron chi connectivity index (χ3n) is 4.05. The van der Waals surface area contributed by atoms with Gasteiger partial charge in [0.25, 0.3) is 5.91 Å². The van der Waals surface area contributed by atoms with Gasteiger partial charge < -0.3 is 10.2 Å². The van der Waals surface area contributed by atoms with Crippen molar-refractivity contribution in [3.05, 3.63) is 59.4 Å². The molecular formula is C18H19N3O2. The highest BCUT2D eigenvalue weighted by atomic mass is 16.2. The van der Waals surface area contributed by atoms with E-state index < -0.39 is 0 Å². The number of carbonyl (C=O) groups is 2. The first-order chi connectivity index (χ1) is 11.1. The predicted molar refractivity (Wildman–Crippen MR) is 88.2 cm³/mol. The van der Waals surface area contributed by atoms with E-state index in [2.05, 4.69) is 10.3 Å². The number of amides is 2. The summed E-state index contributed by atoms with van der Waals surface area (Å²) < 4.78 is 0. The van der Waals surface area contributed by atoms with Crippen molar-refractivity contribution in [2.24, 2.45) is 0 Å². The minimum absolute atomic E-state index is 0.144. The van der Waals surface area contributed by atoms with Crippen molar-refractivity contribution in [1.29, 1.82) is 0 Å². The van der Waals surface area contributed by atoms with Gasteiger partial charge in [0.05, 0.1) is 12.2 Å². The van der Waals surface area contributed by atoms with Crippen LogP contribution in [0.1, 0.15) is 34.5 Å². The number of rotatable bonds is 4. The van der Waals surface area contributed by atoms with Crippen LogP contribution in [0.2, 0.25) is 0 Å². The fourth-order valence-electron chi connectivity index (χ4n) is 2.68. The van der Waals surface area contributed by atoms with E-state index in [4.69, 9.17) is 0 Å². The predicted octanol–water partition coefficient (Wildman–Crippen LogP) is 2.45. The molecule has 1 aliphatic heterocycles. The molecule has 2 amide bonds. The topological polar surface area (TPSA) is 62.3 Å². The van der Waals surface area contributed by atoms with E-state index in [9.17, 15) is 9.59 Å². The Balaban J connectivity index is 1.64. The summed E-state index contributed by atoms with van der Waals surface area (Å²) in [5.41, 5.74) is 3.34. The van der Waals surface area contributed by atoms with Crippen LogP contribution in [-0.2, 0) is 11.3 Å². The molecular weight excluding hydrogens is 290 g/mol. The molecule has 0 radical (unpaired) electrons. The maximum Gasteiger partial charge on any atom is 0.251 e. The Hall–Kier alpha value is -2.69. The molecule has 1 aliphatic rings. The van der Waals surface area contributed by atoms with Crippen molar-refractivity contribution in [2.45, 2.75) is 26.3 Å². The highest BCUT2D eigenvalue weighted by Crippen LogP contribution is 2.21. The number of carbonyl (C=O) groups excluding carboxylic acids is 2. The molecule has 0 bridgehead atoms. The third kappa shape index (κ3) is 3.39. The van der Waals surface area contributed by atoms with E-state index in [0.717, 1.165) is 29.9 Å². The number of anilines is 1. The third-order valence-corrected chi connectivity index (χ3v) is 4.05. The summed E-state index contributed by atoms with van der Waals surface area (Å²) in [4.78, 5) is 30.0. The molecule has 1 aromatic heterocycles. The first kappa shape index (κ1) is 15.2. The van der Waals surface area contributed by atoms with Gasteiger partial charge >= 0.3 is 0 Å². The molecule has 2 heterocycles. The average Bonchev–Trinajstić information content (AvgIpc) is 3.00. The standard InChI is InChI=1S/C18H19N3O2/c1-13-4-2-10-19-16(13)12-20-18(23)14-6-8-15(9-7-14)21-11-3-5-17(21)22/h2,4,6-10H,3,5,11-12H2,1H3,(H,20,23). The molecule has 5 nitrogen and oxygen atoms in total. The summed E-state index contributed by atoms with van der Waals surface area (Å²) in [5.74, 6) is 0.00202. The fourth-order valence-corrected chi connectivity index (χ4v) is 2.68. The normalized spacial score (nSPS) is 14.1. The molecule has 1 N–H and O–H groups in total. The zero-order chi connectivity index (χ0) is 16.2. The number of aryl methyl sites for hydroxylation is 1. The summed E-state index contributed by atoms with van der Waals surface area (Å²) in [5, 5.41) is 2.87. The SMILES string of the molecule is Cc1cccnc1CNC(=O)c1ccc(N2CCCC2=O)cc1. The molecule has 0 atom stereocenters. The van der Waals surface area contributed by atoms with Gasteiger partial charge in [-0.15, -0.1) is 0 Å². The highest BCUT2D eigenvalue weighted by molar-refractivity contribution is 5.97. The molecule has 0 spiro atoms. The lowest BCUT2D eigenvalue weighted by Gasteiger charge is -2.15. The Morgan fingerprint density at radius 1 is 1.26 bits per heavy atom. The summed E-state index contributed by atoms with van der Waals surface area (Å²) >= 11 is 0. The van der Waals surface area contributed by atoms with Gasteiger partial charge in [0.15, 0.2) is 0 Å². The Bertz CT molecular complexity index is 725. The number of benzene rings is 1. The second-order valence-corrected chi connectivity index (χ2v) is 5.65. The fraction of sp³-hybridized carbons (Fsp3) is 0.278. The highest BCUT2D eigenvalue weighted by Gasteiger charge is 2.21. The van der Waals surface area contributed by atoms with Crippen molar-refractivity contribution in [3.63, 3.8) is 0 Å². The zero-order valence-corrected chi connectivity index (χ0v) is 13.1. The van der Waals surface area contributed by atoms with Gasteiger partial charge in [-0.25, -0.2) is 0 Å². The Kier molecular flexibility index (Phi) is 4.37. The van der Waals surface area contributed by atoms with Crippen molar-refractivity contribution in [1.82, 2.24) is 10.3 Å². The van der Waals surface area contributed by atoms with Gasteiger partial charge in [0.1, 0.15) is 0 Å². The van der Waals surface area contributed by atoms with E-state index in [1.54, 1.807) is 23.2 Å². The molecule has 1 saturated heterocycles. The number of pyridine rings is 1. The summed E-state index contributed by atoms with van der Waals surface area (Å²) in [6.07, 6.45) is 3.21. The van der Waals surface area contributed by atoms with E-state index in [1.807, 2.05) is 31.2 Å². The van der Waals surface area contributed by atoms with Crippen LogP contribution in [0.5, 0.6) is 0 Å². The largest absolute Gasteiger partial charge is 0.346 e. The molecule has 1 aromatic carbocycles. The molecule has 5 heteroatoms. The van der Waals surface area contributed by atoms with E-state index in [-0.39, 0.29) is 11.8 Å². The average molecular weight is 309 g/mol. The molecule has 23 heavy (non-hydrogen) atoms. The number of nitrogens with zero attached hydrogens (tertiary/aromatic N) is 2. The minimum atomic E-state index is -0.144. The van der Waals surface area contributed by atoms with Crippen LogP contribution in [0.3, 0.4) is 0 Å². The maximum absolute atomic E-state index is 12.2. The Labute approximate surface area is 135 Å². The Morgan fingerprint density at radius 2 is 2.04 bits per heavy atom. The molecule has 1 fully saturated rings. The number of hydrogen-bond donors (Lipinski definition) is 1. The second kappa shape index (κ2) is 6.60. The van der Waals surface area contributed by atoms with Crippen LogP contribution in [0.25, 0.3) is 0 Å². The van der Waals surface area contributed by atoms with Crippen LogP contribution in [0, 0.1) is 6.92 Å². The lowest BCUT2D eigenvalue weighted by molar-refractivity contribution is -0.117. The summed E-state index contributed by atoms with van der Waals surface area (Å²) in [6.45, 7) is 3.12. The first-order valence-corrected chi connectivity index (χ1v) is 7.74. The monoisotopic (exact) mass is 309 g/mol. The second-order valence-electron chi connectivity index (χ2n) is 5.65. The van der Waals surface area contributed by atoms with Gasteiger partial charge in [0, 0.05) is 30.4 Å². The van der Waals surface area contributed by atoms with Gasteiger partial charge in [0.2, 0.25) is 5.91 Å². The number of nitrogens with one attached hydrogen (secondary N) is 1. The molecule has 0 unspecified atom stereocenters. The molecule has 0 aliphatic carbocycles. The lowest BCUT2D eigenvalue weighted by atomic mass is 10.1. The number of hydrogen-bond acceptors (Lipinski definition) is 3. The quantitative estimate of drug-likeness (QED) is 0.943. The van der Waals surface area contributed by atoms with Gasteiger partial charge in [-0.2, -0.15) is 0 Å². The zero-order valence-electron chi connectivity index (χ0n) is 13.1. The van der Waals surface area contributed by atoms with E-state index in [0.29, 0.717) is 18.5 Å². The van der Waals surface area contributed by atoms with Crippen molar-refractivity contribution in [2.75, 3.05) is 11.4 Å².